The summed E-state index contributed by atoms with van der Waals surface area (Å²) in [4.78, 5) is 0. The molecule has 0 saturated carbocycles. The Balaban J connectivity index is 2.58. The number of hydrogen-bond acceptors (Lipinski definition) is 0. The minimum atomic E-state index is -4.36. The van der Waals surface area contributed by atoms with E-state index in [0.29, 0.717) is 5.56 Å². The summed E-state index contributed by atoms with van der Waals surface area (Å²) < 4.78 is 39.1. The number of hydrogen-bond donors (Lipinski definition) is 0. The molecule has 0 atom stereocenters. The number of halogens is 3. The van der Waals surface area contributed by atoms with Crippen molar-refractivity contribution in [1.29, 1.82) is 0 Å². The third kappa shape index (κ3) is 2.87. The van der Waals surface area contributed by atoms with Crippen molar-refractivity contribution >= 4 is 0 Å². The molecule has 2 aromatic rings. The molecule has 0 spiro atoms. The molecule has 0 bridgehead atoms. The van der Waals surface area contributed by atoms with E-state index in [9.17, 15) is 13.2 Å². The van der Waals surface area contributed by atoms with Crippen LogP contribution in [0, 0.1) is 6.07 Å². The molecule has 2 rings (SSSR count). The van der Waals surface area contributed by atoms with Crippen LogP contribution in [0.25, 0.3) is 11.1 Å². The van der Waals surface area contributed by atoms with Crippen LogP contribution in [-0.4, -0.2) is 0 Å². The molecule has 0 N–H and O–H groups in total. The lowest BCUT2D eigenvalue weighted by Crippen LogP contribution is -2.07. The maximum absolute atomic E-state index is 13.0. The Morgan fingerprint density at radius 1 is 1.00 bits per heavy atom. The molecule has 0 amide bonds. The second kappa shape index (κ2) is 5.70. The highest BCUT2D eigenvalue weighted by Crippen LogP contribution is 2.37. The van der Waals surface area contributed by atoms with E-state index in [1.54, 1.807) is 6.07 Å². The predicted octanol–water partition coefficient (Wildman–Crippen LogP) is 5.30. The van der Waals surface area contributed by atoms with Gasteiger partial charge in [-0.25, -0.2) is 0 Å². The van der Waals surface area contributed by atoms with E-state index in [4.69, 9.17) is 0 Å². The van der Waals surface area contributed by atoms with Crippen LogP contribution >= 0.6 is 0 Å². The normalized spacial score (nSPS) is 11.7. The average Bonchev–Trinajstić information content (AvgIpc) is 2.45. The quantitative estimate of drug-likeness (QED) is 0.714. The summed E-state index contributed by atoms with van der Waals surface area (Å²) in [6.45, 7) is 4.06. The van der Waals surface area contributed by atoms with Gasteiger partial charge >= 0.3 is 6.18 Å². The Kier molecular flexibility index (Phi) is 4.17. The van der Waals surface area contributed by atoms with Gasteiger partial charge in [0.2, 0.25) is 0 Å². The summed E-state index contributed by atoms with van der Waals surface area (Å²) in [6, 6.07) is 12.2. The number of aryl methyl sites for hydroxylation is 2. The van der Waals surface area contributed by atoms with Crippen molar-refractivity contribution in [2.45, 2.75) is 32.9 Å². The SMILES string of the molecule is CCc1ccc(-c2[c]cccc2C(F)(F)F)cc1CC. The molecule has 0 nitrogen and oxygen atoms in total. The van der Waals surface area contributed by atoms with Crippen molar-refractivity contribution < 1.29 is 13.2 Å². The van der Waals surface area contributed by atoms with Crippen molar-refractivity contribution in [3.8, 4) is 11.1 Å². The van der Waals surface area contributed by atoms with Gasteiger partial charge in [-0.2, -0.15) is 13.2 Å². The smallest absolute Gasteiger partial charge is 0.166 e. The molecule has 105 valence electrons. The van der Waals surface area contributed by atoms with Gasteiger partial charge in [0.15, 0.2) is 0 Å². The van der Waals surface area contributed by atoms with Crippen LogP contribution in [0.1, 0.15) is 30.5 Å². The minimum absolute atomic E-state index is 0.123. The second-order valence-corrected chi connectivity index (χ2v) is 4.65. The van der Waals surface area contributed by atoms with Gasteiger partial charge in [0.1, 0.15) is 0 Å². The fraction of sp³-hybridized carbons (Fsp3) is 0.294. The van der Waals surface area contributed by atoms with Crippen molar-refractivity contribution in [1.82, 2.24) is 0 Å². The van der Waals surface area contributed by atoms with Gasteiger partial charge < -0.3 is 0 Å². The van der Waals surface area contributed by atoms with E-state index in [0.717, 1.165) is 24.5 Å². The van der Waals surface area contributed by atoms with Crippen LogP contribution in [0.2, 0.25) is 0 Å². The zero-order chi connectivity index (χ0) is 14.8. The van der Waals surface area contributed by atoms with E-state index in [2.05, 4.69) is 6.07 Å². The highest BCUT2D eigenvalue weighted by Gasteiger charge is 2.33. The molecule has 1 radical (unpaired) electrons. The van der Waals surface area contributed by atoms with Crippen LogP contribution in [-0.2, 0) is 19.0 Å². The van der Waals surface area contributed by atoms with E-state index < -0.39 is 11.7 Å². The molecule has 0 aliphatic carbocycles. The van der Waals surface area contributed by atoms with E-state index in [1.165, 1.54) is 17.7 Å². The molecule has 0 aromatic heterocycles. The number of alkyl halides is 3. The lowest BCUT2D eigenvalue weighted by molar-refractivity contribution is -0.137. The molecule has 0 heterocycles. The number of rotatable bonds is 3. The van der Waals surface area contributed by atoms with Crippen molar-refractivity contribution in [3.05, 3.63) is 59.2 Å². The first-order valence-electron chi connectivity index (χ1n) is 6.67. The van der Waals surface area contributed by atoms with Gasteiger partial charge in [0, 0.05) is 5.56 Å². The number of benzene rings is 2. The Labute approximate surface area is 117 Å². The van der Waals surface area contributed by atoms with E-state index in [1.807, 2.05) is 26.0 Å². The fourth-order valence-corrected chi connectivity index (χ4v) is 2.37. The van der Waals surface area contributed by atoms with E-state index in [-0.39, 0.29) is 5.56 Å². The Morgan fingerprint density at radius 2 is 1.70 bits per heavy atom. The first-order valence-corrected chi connectivity index (χ1v) is 6.67. The zero-order valence-electron chi connectivity index (χ0n) is 11.5. The Morgan fingerprint density at radius 3 is 2.30 bits per heavy atom. The van der Waals surface area contributed by atoms with Gasteiger partial charge in [-0.15, -0.1) is 0 Å². The first kappa shape index (κ1) is 14.6. The second-order valence-electron chi connectivity index (χ2n) is 4.65. The van der Waals surface area contributed by atoms with Gasteiger partial charge in [-0.05, 0) is 41.7 Å². The third-order valence-corrected chi connectivity index (χ3v) is 3.42. The summed E-state index contributed by atoms with van der Waals surface area (Å²) in [6.07, 6.45) is -2.66. The summed E-state index contributed by atoms with van der Waals surface area (Å²) in [5.74, 6) is 0. The highest BCUT2D eigenvalue weighted by atomic mass is 19.4. The molecule has 0 fully saturated rings. The summed E-state index contributed by atoms with van der Waals surface area (Å²) >= 11 is 0. The van der Waals surface area contributed by atoms with Crippen LogP contribution in [0.5, 0.6) is 0 Å². The van der Waals surface area contributed by atoms with Gasteiger partial charge in [0.05, 0.1) is 5.56 Å². The van der Waals surface area contributed by atoms with Gasteiger partial charge in [-0.1, -0.05) is 44.2 Å². The maximum Gasteiger partial charge on any atom is 0.417 e. The molecule has 0 unspecified atom stereocenters. The lowest BCUT2D eigenvalue weighted by Gasteiger charge is -2.14. The monoisotopic (exact) mass is 277 g/mol. The molecule has 20 heavy (non-hydrogen) atoms. The predicted molar refractivity (Wildman–Crippen MR) is 74.5 cm³/mol. The molecule has 3 heteroatoms. The standard InChI is InChI=1S/C17H16F3/c1-3-12-9-10-14(11-13(12)4-2)15-7-5-6-8-16(15)17(18,19)20/h5-6,8-11H,3-4H2,1-2H3. The minimum Gasteiger partial charge on any atom is -0.166 e. The van der Waals surface area contributed by atoms with Crippen LogP contribution in [0.4, 0.5) is 13.2 Å². The highest BCUT2D eigenvalue weighted by molar-refractivity contribution is 5.68. The van der Waals surface area contributed by atoms with Crippen molar-refractivity contribution in [2.75, 3.05) is 0 Å². The Hall–Kier alpha value is -1.77. The van der Waals surface area contributed by atoms with Crippen LogP contribution in [0.15, 0.2) is 36.4 Å². The van der Waals surface area contributed by atoms with Crippen molar-refractivity contribution in [2.24, 2.45) is 0 Å². The van der Waals surface area contributed by atoms with Crippen LogP contribution < -0.4 is 0 Å². The third-order valence-electron chi connectivity index (χ3n) is 3.42. The molecule has 0 aliphatic rings. The summed E-state index contributed by atoms with van der Waals surface area (Å²) in [5, 5.41) is 0. The fourth-order valence-electron chi connectivity index (χ4n) is 2.37. The molecule has 2 aromatic carbocycles. The van der Waals surface area contributed by atoms with Crippen LogP contribution in [0.3, 0.4) is 0 Å². The van der Waals surface area contributed by atoms with Gasteiger partial charge in [-0.3, -0.25) is 0 Å². The summed E-state index contributed by atoms with van der Waals surface area (Å²) in [5.41, 5.74) is 2.34. The lowest BCUT2D eigenvalue weighted by atomic mass is 9.94. The van der Waals surface area contributed by atoms with Gasteiger partial charge in [0.25, 0.3) is 0 Å². The largest absolute Gasteiger partial charge is 0.417 e. The molecule has 0 aliphatic heterocycles. The topological polar surface area (TPSA) is 0 Å². The maximum atomic E-state index is 13.0. The van der Waals surface area contributed by atoms with Crippen molar-refractivity contribution in [3.63, 3.8) is 0 Å². The zero-order valence-corrected chi connectivity index (χ0v) is 11.5. The molecular weight excluding hydrogens is 261 g/mol. The van der Waals surface area contributed by atoms with E-state index >= 15 is 0 Å². The average molecular weight is 277 g/mol. The first-order chi connectivity index (χ1) is 9.47. The Bertz CT molecular complexity index is 597. The molecule has 0 saturated heterocycles. The molecular formula is C17H16F3. The summed E-state index contributed by atoms with van der Waals surface area (Å²) in [7, 11) is 0.